The molecule has 0 heterocycles. The Morgan fingerprint density at radius 1 is 1.24 bits per heavy atom. The van der Waals surface area contributed by atoms with Crippen LogP contribution in [-0.4, -0.2) is 34.4 Å². The first kappa shape index (κ1) is 16.7. The summed E-state index contributed by atoms with van der Waals surface area (Å²) in [7, 11) is -4.70. The molecule has 102 valence electrons. The Kier molecular flexibility index (Phi) is 5.50. The van der Waals surface area contributed by atoms with Crippen molar-refractivity contribution in [2.75, 3.05) is 13.2 Å². The van der Waals surface area contributed by atoms with E-state index in [9.17, 15) is 9.36 Å². The van der Waals surface area contributed by atoms with Gasteiger partial charge >= 0.3 is 7.82 Å². The maximum atomic E-state index is 12.1. The van der Waals surface area contributed by atoms with E-state index in [-0.39, 0.29) is 6.61 Å². The molecule has 2 N–H and O–H groups in total. The van der Waals surface area contributed by atoms with Crippen molar-refractivity contribution in [3.63, 3.8) is 0 Å². The molecular weight excluding hydrogens is 247 g/mol. The number of phosphoric acid groups is 1. The molecule has 0 rings (SSSR count). The minimum atomic E-state index is -4.70. The van der Waals surface area contributed by atoms with Crippen LogP contribution < -0.4 is 0 Å². The molecule has 7 heteroatoms. The smallest absolute Gasteiger partial charge is 0.381 e. The predicted molar refractivity (Wildman–Crippen MR) is 62.5 cm³/mol. The van der Waals surface area contributed by atoms with Gasteiger partial charge in [-0.2, -0.15) is 0 Å². The van der Waals surface area contributed by atoms with Crippen LogP contribution in [0.2, 0.25) is 0 Å². The van der Waals surface area contributed by atoms with Crippen LogP contribution in [-0.2, 0) is 18.6 Å². The van der Waals surface area contributed by atoms with E-state index in [2.05, 4.69) is 4.52 Å². The van der Waals surface area contributed by atoms with Gasteiger partial charge in [0.15, 0.2) is 5.78 Å². The van der Waals surface area contributed by atoms with Gasteiger partial charge in [-0.05, 0) is 20.8 Å². The van der Waals surface area contributed by atoms with Crippen molar-refractivity contribution in [1.82, 2.24) is 0 Å². The number of hydrogen-bond donors (Lipinski definition) is 2. The van der Waals surface area contributed by atoms with Gasteiger partial charge in [-0.15, -0.1) is 0 Å². The predicted octanol–water partition coefficient (Wildman–Crippen LogP) is 1.51. The van der Waals surface area contributed by atoms with E-state index in [0.29, 0.717) is 6.61 Å². The molecule has 0 bridgehead atoms. The van der Waals surface area contributed by atoms with Crippen molar-refractivity contribution < 1.29 is 28.4 Å². The summed E-state index contributed by atoms with van der Waals surface area (Å²) < 4.78 is 20.5. The highest BCUT2D eigenvalue weighted by Crippen LogP contribution is 2.43. The summed E-state index contributed by atoms with van der Waals surface area (Å²) in [5.41, 5.74) is -2.42. The molecule has 0 saturated heterocycles. The second kappa shape index (κ2) is 5.59. The zero-order valence-corrected chi connectivity index (χ0v) is 11.8. The average Bonchev–Trinajstić information content (AvgIpc) is 2.09. The molecule has 0 aromatic heterocycles. The van der Waals surface area contributed by atoms with E-state index in [4.69, 9.17) is 14.5 Å². The fourth-order valence-electron chi connectivity index (χ4n) is 1.58. The van der Waals surface area contributed by atoms with E-state index >= 15 is 0 Å². The Morgan fingerprint density at radius 2 is 1.71 bits per heavy atom. The van der Waals surface area contributed by atoms with Crippen LogP contribution >= 0.6 is 7.82 Å². The molecule has 0 aromatic rings. The zero-order chi connectivity index (χ0) is 13.9. The summed E-state index contributed by atoms with van der Waals surface area (Å²) in [5.74, 6) is -0.415. The normalized spacial score (nSPS) is 13.8. The van der Waals surface area contributed by atoms with Crippen LogP contribution in [0, 0.1) is 5.41 Å². The first-order valence-electron chi connectivity index (χ1n) is 5.31. The summed E-state index contributed by atoms with van der Waals surface area (Å²) in [6, 6.07) is 0. The molecule has 0 aliphatic heterocycles. The minimum Gasteiger partial charge on any atom is -0.381 e. The van der Waals surface area contributed by atoms with Crippen LogP contribution in [0.1, 0.15) is 34.6 Å². The standard InChI is InChI=1S/C10H21O6P/c1-6-15-7-9(2,3)8(11)10(4,5)16-17(12,13)14/h6-7H2,1-5H3,(H2,12,13,14). The molecule has 0 aliphatic carbocycles. The second-order valence-electron chi connectivity index (χ2n) is 4.94. The third-order valence-electron chi connectivity index (χ3n) is 2.18. The highest BCUT2D eigenvalue weighted by atomic mass is 31.2. The maximum absolute atomic E-state index is 12.1. The molecule has 0 spiro atoms. The second-order valence-corrected chi connectivity index (χ2v) is 6.11. The number of Topliss-reactive ketones (excluding diaryl/α,β-unsaturated/α-hetero) is 1. The van der Waals surface area contributed by atoms with E-state index in [1.807, 2.05) is 0 Å². The Balaban J connectivity index is 4.83. The number of phosphoric ester groups is 1. The Bertz CT molecular complexity index is 317. The molecule has 0 fully saturated rings. The van der Waals surface area contributed by atoms with Gasteiger partial charge in [0.25, 0.3) is 0 Å². The molecular formula is C10H21O6P. The first-order valence-corrected chi connectivity index (χ1v) is 6.84. The Morgan fingerprint density at radius 3 is 2.06 bits per heavy atom. The van der Waals surface area contributed by atoms with E-state index in [0.717, 1.165) is 0 Å². The molecule has 0 unspecified atom stereocenters. The largest absolute Gasteiger partial charge is 0.470 e. The van der Waals surface area contributed by atoms with Crippen LogP contribution in [0.15, 0.2) is 0 Å². The molecule has 0 radical (unpaired) electrons. The number of carbonyl (C=O) groups excluding carboxylic acids is 1. The lowest BCUT2D eigenvalue weighted by atomic mass is 9.81. The third kappa shape index (κ3) is 5.75. The van der Waals surface area contributed by atoms with Crippen LogP contribution in [0.4, 0.5) is 0 Å². The summed E-state index contributed by atoms with van der Waals surface area (Å²) in [6.07, 6.45) is 0. The Hall–Kier alpha value is -0.260. The van der Waals surface area contributed by atoms with Gasteiger partial charge in [-0.1, -0.05) is 13.8 Å². The van der Waals surface area contributed by atoms with Crippen molar-refractivity contribution in [2.24, 2.45) is 5.41 Å². The molecule has 0 atom stereocenters. The molecule has 0 aromatic carbocycles. The van der Waals surface area contributed by atoms with Crippen molar-refractivity contribution in [3.05, 3.63) is 0 Å². The van der Waals surface area contributed by atoms with Crippen LogP contribution in [0.25, 0.3) is 0 Å². The summed E-state index contributed by atoms with van der Waals surface area (Å²) in [4.78, 5) is 29.6. The lowest BCUT2D eigenvalue weighted by molar-refractivity contribution is -0.145. The van der Waals surface area contributed by atoms with Crippen molar-refractivity contribution in [3.8, 4) is 0 Å². The van der Waals surface area contributed by atoms with E-state index < -0.39 is 24.6 Å². The quantitative estimate of drug-likeness (QED) is 0.680. The van der Waals surface area contributed by atoms with Crippen molar-refractivity contribution >= 4 is 13.6 Å². The monoisotopic (exact) mass is 268 g/mol. The van der Waals surface area contributed by atoms with Gasteiger partial charge in [-0.25, -0.2) is 4.57 Å². The lowest BCUT2D eigenvalue weighted by Crippen LogP contribution is -2.45. The highest BCUT2D eigenvalue weighted by Gasteiger charge is 2.43. The minimum absolute atomic E-state index is 0.177. The molecule has 0 aliphatic rings. The molecule has 17 heavy (non-hydrogen) atoms. The van der Waals surface area contributed by atoms with Gasteiger partial charge in [0.2, 0.25) is 0 Å². The van der Waals surface area contributed by atoms with E-state index in [1.165, 1.54) is 13.8 Å². The van der Waals surface area contributed by atoms with Gasteiger partial charge in [0.1, 0.15) is 5.60 Å². The molecule has 6 nitrogen and oxygen atoms in total. The first-order chi connectivity index (χ1) is 7.42. The SMILES string of the molecule is CCOCC(C)(C)C(=O)C(C)(C)OP(=O)(O)O. The van der Waals surface area contributed by atoms with Gasteiger partial charge < -0.3 is 14.5 Å². The van der Waals surface area contributed by atoms with Crippen LogP contribution in [0.5, 0.6) is 0 Å². The fourth-order valence-corrected chi connectivity index (χ4v) is 2.25. The summed E-state index contributed by atoms with van der Waals surface area (Å²) in [6.45, 7) is 8.42. The van der Waals surface area contributed by atoms with E-state index in [1.54, 1.807) is 20.8 Å². The number of carbonyl (C=O) groups is 1. The molecule has 0 saturated carbocycles. The average molecular weight is 268 g/mol. The molecule has 0 amide bonds. The highest BCUT2D eigenvalue weighted by molar-refractivity contribution is 7.46. The number of rotatable bonds is 7. The zero-order valence-electron chi connectivity index (χ0n) is 10.9. The summed E-state index contributed by atoms with van der Waals surface area (Å²) in [5, 5.41) is 0. The third-order valence-corrected chi connectivity index (χ3v) is 2.87. The van der Waals surface area contributed by atoms with Crippen molar-refractivity contribution in [2.45, 2.75) is 40.2 Å². The fraction of sp³-hybridized carbons (Fsp3) is 0.900. The summed E-state index contributed by atoms with van der Waals surface area (Å²) >= 11 is 0. The van der Waals surface area contributed by atoms with Gasteiger partial charge in [0.05, 0.1) is 6.61 Å². The van der Waals surface area contributed by atoms with Crippen LogP contribution in [0.3, 0.4) is 0 Å². The van der Waals surface area contributed by atoms with Gasteiger partial charge in [-0.3, -0.25) is 9.32 Å². The van der Waals surface area contributed by atoms with Gasteiger partial charge in [0, 0.05) is 12.0 Å². The number of ether oxygens (including phenoxy) is 1. The Labute approximate surface area is 102 Å². The topological polar surface area (TPSA) is 93.1 Å². The number of ketones is 1. The maximum Gasteiger partial charge on any atom is 0.470 e. The van der Waals surface area contributed by atoms with Crippen molar-refractivity contribution in [1.29, 1.82) is 0 Å². The lowest BCUT2D eigenvalue weighted by Gasteiger charge is -2.32. The number of hydrogen-bond acceptors (Lipinski definition) is 4.